The highest BCUT2D eigenvalue weighted by atomic mass is 16.5. The predicted molar refractivity (Wildman–Crippen MR) is 47.3 cm³/mol. The molecule has 1 radical (unpaired) electrons. The summed E-state index contributed by atoms with van der Waals surface area (Å²) in [6.45, 7) is 0. The Kier molecular flexibility index (Phi) is 2.00. The normalized spacial score (nSPS) is 9.92. The minimum atomic E-state index is 0.711. The van der Waals surface area contributed by atoms with Crippen LogP contribution >= 0.6 is 0 Å². The zero-order valence-corrected chi connectivity index (χ0v) is 7.15. The SMILES string of the molecule is COc1ccc(-c2[c]con2)cc1. The van der Waals surface area contributed by atoms with Crippen LogP contribution in [0.25, 0.3) is 11.3 Å². The number of aromatic nitrogens is 1. The van der Waals surface area contributed by atoms with Crippen LogP contribution in [0.2, 0.25) is 0 Å². The van der Waals surface area contributed by atoms with Gasteiger partial charge in [-0.2, -0.15) is 0 Å². The van der Waals surface area contributed by atoms with Crippen LogP contribution in [-0.4, -0.2) is 12.3 Å². The molecule has 0 spiro atoms. The van der Waals surface area contributed by atoms with Crippen LogP contribution in [0.15, 0.2) is 35.1 Å². The lowest BCUT2D eigenvalue weighted by Crippen LogP contribution is -1.82. The van der Waals surface area contributed by atoms with Gasteiger partial charge in [-0.3, -0.25) is 0 Å². The molecule has 0 atom stereocenters. The van der Waals surface area contributed by atoms with Gasteiger partial charge in [-0.25, -0.2) is 0 Å². The van der Waals surface area contributed by atoms with Gasteiger partial charge < -0.3 is 9.26 Å². The molecule has 0 aliphatic heterocycles. The number of nitrogens with zero attached hydrogens (tertiary/aromatic N) is 1. The standard InChI is InChI=1S/C10H8NO2/c1-12-9-4-2-8(3-5-9)10-6-7-13-11-10/h2-5,7H,1H3. The molecule has 0 aliphatic rings. The Balaban J connectivity index is 2.33. The van der Waals surface area contributed by atoms with E-state index in [9.17, 15) is 0 Å². The van der Waals surface area contributed by atoms with Gasteiger partial charge in [0.05, 0.1) is 13.2 Å². The van der Waals surface area contributed by atoms with E-state index in [0.29, 0.717) is 5.69 Å². The van der Waals surface area contributed by atoms with Gasteiger partial charge in [0.15, 0.2) is 0 Å². The number of ether oxygens (including phenoxy) is 1. The first-order valence-electron chi connectivity index (χ1n) is 3.86. The third kappa shape index (κ3) is 1.54. The summed E-state index contributed by atoms with van der Waals surface area (Å²) in [5, 5.41) is 3.77. The molecule has 1 aromatic heterocycles. The fourth-order valence-electron chi connectivity index (χ4n) is 1.07. The first-order valence-corrected chi connectivity index (χ1v) is 3.86. The molecule has 2 rings (SSSR count). The Bertz CT molecular complexity index is 364. The molecule has 0 unspecified atom stereocenters. The van der Waals surface area contributed by atoms with Crippen molar-refractivity contribution in [1.29, 1.82) is 0 Å². The predicted octanol–water partition coefficient (Wildman–Crippen LogP) is 2.15. The van der Waals surface area contributed by atoms with Gasteiger partial charge >= 0.3 is 0 Å². The Hall–Kier alpha value is -1.77. The second-order valence-corrected chi connectivity index (χ2v) is 2.54. The molecule has 0 aliphatic carbocycles. The smallest absolute Gasteiger partial charge is 0.132 e. The highest BCUT2D eigenvalue weighted by Crippen LogP contribution is 2.19. The molecule has 65 valence electrons. The summed E-state index contributed by atoms with van der Waals surface area (Å²) in [5.41, 5.74) is 1.68. The summed E-state index contributed by atoms with van der Waals surface area (Å²) in [4.78, 5) is 0. The van der Waals surface area contributed by atoms with E-state index in [0.717, 1.165) is 11.3 Å². The van der Waals surface area contributed by atoms with E-state index in [1.165, 1.54) is 6.26 Å². The van der Waals surface area contributed by atoms with E-state index in [-0.39, 0.29) is 0 Å². The van der Waals surface area contributed by atoms with Crippen molar-refractivity contribution in [1.82, 2.24) is 5.16 Å². The first-order chi connectivity index (χ1) is 6.40. The molecule has 1 heterocycles. The molecule has 0 saturated heterocycles. The van der Waals surface area contributed by atoms with E-state index in [1.807, 2.05) is 24.3 Å². The zero-order chi connectivity index (χ0) is 9.10. The van der Waals surface area contributed by atoms with Crippen LogP contribution in [0.5, 0.6) is 5.75 Å². The molecule has 2 aromatic rings. The van der Waals surface area contributed by atoms with Crippen molar-refractivity contribution in [2.75, 3.05) is 7.11 Å². The topological polar surface area (TPSA) is 35.3 Å². The van der Waals surface area contributed by atoms with E-state index in [4.69, 9.17) is 4.74 Å². The number of benzene rings is 1. The highest BCUT2D eigenvalue weighted by Gasteiger charge is 2.00. The van der Waals surface area contributed by atoms with Crippen molar-refractivity contribution < 1.29 is 9.26 Å². The summed E-state index contributed by atoms with van der Waals surface area (Å²) in [6, 6.07) is 10.4. The van der Waals surface area contributed by atoms with Gasteiger partial charge in [0.25, 0.3) is 0 Å². The van der Waals surface area contributed by atoms with Crippen molar-refractivity contribution in [3.63, 3.8) is 0 Å². The lowest BCUT2D eigenvalue weighted by atomic mass is 10.1. The van der Waals surface area contributed by atoms with Crippen LogP contribution in [0.4, 0.5) is 0 Å². The molecule has 0 saturated carbocycles. The molecule has 3 heteroatoms. The Morgan fingerprint density at radius 2 is 2.08 bits per heavy atom. The Labute approximate surface area is 75.9 Å². The summed E-state index contributed by atoms with van der Waals surface area (Å²) < 4.78 is 9.72. The van der Waals surface area contributed by atoms with Gasteiger partial charge in [-0.05, 0) is 24.3 Å². The number of hydrogen-bond acceptors (Lipinski definition) is 3. The Morgan fingerprint density at radius 1 is 1.31 bits per heavy atom. The zero-order valence-electron chi connectivity index (χ0n) is 7.15. The molecular formula is C10H8NO2. The quantitative estimate of drug-likeness (QED) is 0.699. The minimum absolute atomic E-state index is 0.711. The summed E-state index contributed by atoms with van der Waals surface area (Å²) in [7, 11) is 1.64. The van der Waals surface area contributed by atoms with E-state index < -0.39 is 0 Å². The molecule has 1 aromatic carbocycles. The largest absolute Gasteiger partial charge is 0.497 e. The number of rotatable bonds is 2. The lowest BCUT2D eigenvalue weighted by molar-refractivity contribution is 0.414. The second-order valence-electron chi connectivity index (χ2n) is 2.54. The second kappa shape index (κ2) is 3.31. The highest BCUT2D eigenvalue weighted by molar-refractivity contribution is 5.58. The fraction of sp³-hybridized carbons (Fsp3) is 0.100. The van der Waals surface area contributed by atoms with Crippen molar-refractivity contribution in [2.45, 2.75) is 0 Å². The maximum absolute atomic E-state index is 5.03. The average Bonchev–Trinajstić information content (AvgIpc) is 2.71. The van der Waals surface area contributed by atoms with Gasteiger partial charge in [0, 0.05) is 5.56 Å². The summed E-state index contributed by atoms with van der Waals surface area (Å²) in [5.74, 6) is 0.826. The van der Waals surface area contributed by atoms with E-state index >= 15 is 0 Å². The van der Waals surface area contributed by atoms with Crippen LogP contribution in [0, 0.1) is 6.07 Å². The van der Waals surface area contributed by atoms with E-state index in [1.54, 1.807) is 7.11 Å². The molecule has 0 amide bonds. The van der Waals surface area contributed by atoms with Crippen molar-refractivity contribution in [3.05, 3.63) is 36.6 Å². The summed E-state index contributed by atoms with van der Waals surface area (Å²) in [6.07, 6.45) is 1.43. The summed E-state index contributed by atoms with van der Waals surface area (Å²) >= 11 is 0. The van der Waals surface area contributed by atoms with Crippen LogP contribution in [0.1, 0.15) is 0 Å². The van der Waals surface area contributed by atoms with Crippen molar-refractivity contribution in [3.8, 4) is 17.0 Å². The van der Waals surface area contributed by atoms with Crippen molar-refractivity contribution >= 4 is 0 Å². The molecule has 3 nitrogen and oxygen atoms in total. The third-order valence-corrected chi connectivity index (χ3v) is 1.76. The van der Waals surface area contributed by atoms with Gasteiger partial charge in [0.1, 0.15) is 17.7 Å². The van der Waals surface area contributed by atoms with Crippen LogP contribution in [0.3, 0.4) is 0 Å². The monoisotopic (exact) mass is 174 g/mol. The third-order valence-electron chi connectivity index (χ3n) is 1.76. The maximum atomic E-state index is 5.03. The molecule has 13 heavy (non-hydrogen) atoms. The van der Waals surface area contributed by atoms with Gasteiger partial charge in [0.2, 0.25) is 0 Å². The number of methoxy groups -OCH3 is 1. The molecule has 0 N–H and O–H groups in total. The number of hydrogen-bond donors (Lipinski definition) is 0. The Morgan fingerprint density at radius 3 is 2.62 bits per heavy atom. The lowest BCUT2D eigenvalue weighted by Gasteiger charge is -1.99. The van der Waals surface area contributed by atoms with E-state index in [2.05, 4.69) is 15.7 Å². The minimum Gasteiger partial charge on any atom is -0.497 e. The van der Waals surface area contributed by atoms with Crippen LogP contribution in [-0.2, 0) is 0 Å². The van der Waals surface area contributed by atoms with Crippen molar-refractivity contribution in [2.24, 2.45) is 0 Å². The first kappa shape index (κ1) is 7.86. The van der Waals surface area contributed by atoms with Gasteiger partial charge in [-0.1, -0.05) is 5.16 Å². The molecular weight excluding hydrogens is 166 g/mol. The fourth-order valence-corrected chi connectivity index (χ4v) is 1.07. The molecule has 0 bridgehead atoms. The molecule has 0 fully saturated rings. The maximum Gasteiger partial charge on any atom is 0.132 e. The average molecular weight is 174 g/mol. The van der Waals surface area contributed by atoms with Gasteiger partial charge in [-0.15, -0.1) is 0 Å². The van der Waals surface area contributed by atoms with Crippen LogP contribution < -0.4 is 4.74 Å².